The van der Waals surface area contributed by atoms with Crippen molar-refractivity contribution in [3.05, 3.63) is 0 Å². The van der Waals surface area contributed by atoms with Crippen molar-refractivity contribution < 1.29 is 8.42 Å². The summed E-state index contributed by atoms with van der Waals surface area (Å²) >= 11 is 0. The number of nitrogens with zero attached hydrogens (tertiary/aromatic N) is 2. The van der Waals surface area contributed by atoms with Gasteiger partial charge in [-0.2, -0.15) is 17.0 Å². The second kappa shape index (κ2) is 5.68. The second-order valence-electron chi connectivity index (χ2n) is 6.31. The zero-order valence-corrected chi connectivity index (χ0v) is 13.2. The van der Waals surface area contributed by atoms with Gasteiger partial charge in [-0.15, -0.1) is 0 Å². The predicted molar refractivity (Wildman–Crippen MR) is 77.2 cm³/mol. The highest BCUT2D eigenvalue weighted by Gasteiger charge is 2.45. The number of nitrogens with one attached hydrogen (secondary N) is 1. The van der Waals surface area contributed by atoms with Gasteiger partial charge < -0.3 is 5.32 Å². The van der Waals surface area contributed by atoms with Crippen molar-refractivity contribution in [3.63, 3.8) is 0 Å². The fourth-order valence-electron chi connectivity index (χ4n) is 3.35. The van der Waals surface area contributed by atoms with E-state index in [-0.39, 0.29) is 11.6 Å². The van der Waals surface area contributed by atoms with Crippen molar-refractivity contribution in [2.45, 2.75) is 57.5 Å². The van der Waals surface area contributed by atoms with E-state index in [1.54, 1.807) is 8.61 Å². The molecule has 2 rings (SSSR count). The van der Waals surface area contributed by atoms with Crippen LogP contribution in [0.1, 0.15) is 46.0 Å². The molecule has 0 aliphatic carbocycles. The maximum absolute atomic E-state index is 12.9. The average molecular weight is 289 g/mol. The normalized spacial score (nSPS) is 29.7. The summed E-state index contributed by atoms with van der Waals surface area (Å²) in [5, 5.41) is 3.13. The summed E-state index contributed by atoms with van der Waals surface area (Å²) < 4.78 is 29.3. The Kier molecular flexibility index (Phi) is 4.55. The lowest BCUT2D eigenvalue weighted by Gasteiger charge is -2.40. The zero-order valence-electron chi connectivity index (χ0n) is 12.4. The van der Waals surface area contributed by atoms with Crippen molar-refractivity contribution in [2.75, 3.05) is 26.7 Å². The van der Waals surface area contributed by atoms with Crippen molar-refractivity contribution in [1.29, 1.82) is 0 Å². The Hall–Kier alpha value is -0.170. The molecule has 0 amide bonds. The lowest BCUT2D eigenvalue weighted by Crippen LogP contribution is -2.56. The highest BCUT2D eigenvalue weighted by atomic mass is 32.2. The summed E-state index contributed by atoms with van der Waals surface area (Å²) in [6, 6.07) is 0.111. The molecule has 1 atom stereocenters. The molecule has 1 unspecified atom stereocenters. The molecule has 2 aliphatic rings. The van der Waals surface area contributed by atoms with Gasteiger partial charge in [0.25, 0.3) is 10.2 Å². The van der Waals surface area contributed by atoms with Gasteiger partial charge >= 0.3 is 0 Å². The van der Waals surface area contributed by atoms with Crippen LogP contribution in [0.5, 0.6) is 0 Å². The summed E-state index contributed by atoms with van der Waals surface area (Å²) in [5.41, 5.74) is -0.236. The topological polar surface area (TPSA) is 52.7 Å². The minimum atomic E-state index is -3.31. The van der Waals surface area contributed by atoms with Crippen molar-refractivity contribution in [1.82, 2.24) is 13.9 Å². The van der Waals surface area contributed by atoms with Crippen LogP contribution >= 0.6 is 0 Å². The van der Waals surface area contributed by atoms with E-state index in [0.29, 0.717) is 13.1 Å². The first-order valence-electron chi connectivity index (χ1n) is 7.34. The third-order valence-corrected chi connectivity index (χ3v) is 6.72. The molecule has 1 N–H and O–H groups in total. The van der Waals surface area contributed by atoms with E-state index in [1.807, 2.05) is 20.9 Å². The van der Waals surface area contributed by atoms with Gasteiger partial charge in [-0.25, -0.2) is 0 Å². The van der Waals surface area contributed by atoms with Gasteiger partial charge in [0.15, 0.2) is 0 Å². The van der Waals surface area contributed by atoms with E-state index >= 15 is 0 Å². The number of hydrogen-bond donors (Lipinski definition) is 1. The van der Waals surface area contributed by atoms with Crippen LogP contribution in [-0.2, 0) is 10.2 Å². The first-order chi connectivity index (χ1) is 8.89. The van der Waals surface area contributed by atoms with Crippen molar-refractivity contribution >= 4 is 10.2 Å². The molecule has 6 heteroatoms. The number of hydrogen-bond acceptors (Lipinski definition) is 3. The molecular weight excluding hydrogens is 262 g/mol. The Bertz CT molecular complexity index is 406. The van der Waals surface area contributed by atoms with Gasteiger partial charge in [0.2, 0.25) is 0 Å². The molecular formula is C13H27N3O2S. The maximum atomic E-state index is 12.9. The lowest BCUT2D eigenvalue weighted by atomic mass is 10.0. The third kappa shape index (κ3) is 2.96. The van der Waals surface area contributed by atoms with Gasteiger partial charge in [0.1, 0.15) is 0 Å². The van der Waals surface area contributed by atoms with E-state index in [4.69, 9.17) is 0 Å². The monoisotopic (exact) mass is 289 g/mol. The molecule has 19 heavy (non-hydrogen) atoms. The fourth-order valence-corrected chi connectivity index (χ4v) is 5.60. The summed E-state index contributed by atoms with van der Waals surface area (Å²) in [7, 11) is -1.43. The van der Waals surface area contributed by atoms with Crippen LogP contribution in [0.3, 0.4) is 0 Å². The summed E-state index contributed by atoms with van der Waals surface area (Å²) in [5.74, 6) is 0. The van der Waals surface area contributed by atoms with Crippen LogP contribution in [0.25, 0.3) is 0 Å². The van der Waals surface area contributed by atoms with Crippen LogP contribution in [-0.4, -0.2) is 55.3 Å². The predicted octanol–water partition coefficient (Wildman–Crippen LogP) is 1.18. The number of rotatable bonds is 4. The van der Waals surface area contributed by atoms with Gasteiger partial charge in [-0.1, -0.05) is 6.42 Å². The molecule has 5 nitrogen and oxygen atoms in total. The molecule has 0 aromatic rings. The van der Waals surface area contributed by atoms with Gasteiger partial charge in [-0.3, -0.25) is 0 Å². The molecule has 2 aliphatic heterocycles. The Morgan fingerprint density at radius 3 is 2.53 bits per heavy atom. The SMILES string of the molecule is CNCC1CCCCN1S(=O)(=O)N1CCCC1(C)C. The standard InChI is InChI=1S/C13H27N3O2S/c1-13(2)8-6-10-16(13)19(17,18)15-9-5-4-7-12(15)11-14-3/h12,14H,4-11H2,1-3H3. The largest absolute Gasteiger partial charge is 0.318 e. The van der Waals surface area contributed by atoms with Crippen molar-refractivity contribution in [3.8, 4) is 0 Å². The van der Waals surface area contributed by atoms with Crippen molar-refractivity contribution in [2.24, 2.45) is 0 Å². The smallest absolute Gasteiger partial charge is 0.282 e. The van der Waals surface area contributed by atoms with Crippen LogP contribution < -0.4 is 5.32 Å². The molecule has 2 fully saturated rings. The zero-order chi connectivity index (χ0) is 14.1. The minimum Gasteiger partial charge on any atom is -0.318 e. The van der Waals surface area contributed by atoms with Crippen LogP contribution in [0.4, 0.5) is 0 Å². The Labute approximate surface area is 117 Å². The summed E-state index contributed by atoms with van der Waals surface area (Å²) in [6.45, 7) is 6.15. The molecule has 0 aromatic carbocycles. The Morgan fingerprint density at radius 1 is 1.21 bits per heavy atom. The van der Waals surface area contributed by atoms with Gasteiger partial charge in [0, 0.05) is 31.2 Å². The second-order valence-corrected chi connectivity index (χ2v) is 8.12. The average Bonchev–Trinajstić information content (AvgIpc) is 2.70. The molecule has 2 heterocycles. The first-order valence-corrected chi connectivity index (χ1v) is 8.73. The van der Waals surface area contributed by atoms with Crippen LogP contribution in [0.15, 0.2) is 0 Å². The van der Waals surface area contributed by atoms with E-state index in [1.165, 1.54) is 0 Å². The molecule has 112 valence electrons. The van der Waals surface area contributed by atoms with Crippen LogP contribution in [0, 0.1) is 0 Å². The number of likely N-dealkylation sites (N-methyl/N-ethyl adjacent to an activating group) is 1. The Morgan fingerprint density at radius 2 is 1.95 bits per heavy atom. The van der Waals surface area contributed by atoms with Gasteiger partial charge in [0.05, 0.1) is 0 Å². The lowest BCUT2D eigenvalue weighted by molar-refractivity contribution is 0.207. The third-order valence-electron chi connectivity index (χ3n) is 4.41. The van der Waals surface area contributed by atoms with Gasteiger partial charge in [-0.05, 0) is 46.6 Å². The molecule has 0 spiro atoms. The highest BCUT2D eigenvalue weighted by molar-refractivity contribution is 7.86. The molecule has 0 saturated carbocycles. The highest BCUT2D eigenvalue weighted by Crippen LogP contribution is 2.34. The summed E-state index contributed by atoms with van der Waals surface area (Å²) in [4.78, 5) is 0. The van der Waals surface area contributed by atoms with E-state index in [0.717, 1.165) is 38.6 Å². The summed E-state index contributed by atoms with van der Waals surface area (Å²) in [6.07, 6.45) is 5.00. The molecule has 0 radical (unpaired) electrons. The molecule has 2 saturated heterocycles. The minimum absolute atomic E-state index is 0.111. The molecule has 0 bridgehead atoms. The van der Waals surface area contributed by atoms with Crippen LogP contribution in [0.2, 0.25) is 0 Å². The quantitative estimate of drug-likeness (QED) is 0.845. The van der Waals surface area contributed by atoms with E-state index < -0.39 is 10.2 Å². The van der Waals surface area contributed by atoms with E-state index in [9.17, 15) is 8.42 Å². The van der Waals surface area contributed by atoms with E-state index in [2.05, 4.69) is 5.32 Å². The first kappa shape index (κ1) is 15.2. The number of piperidine rings is 1. The maximum Gasteiger partial charge on any atom is 0.282 e. The Balaban J connectivity index is 2.22. The fraction of sp³-hybridized carbons (Fsp3) is 1.00. The molecule has 0 aromatic heterocycles.